The predicted molar refractivity (Wildman–Crippen MR) is 118 cm³/mol. The van der Waals surface area contributed by atoms with Gasteiger partial charge in [-0.1, -0.05) is 36.4 Å². The number of imidazole rings is 1. The van der Waals surface area contributed by atoms with Crippen molar-refractivity contribution in [3.8, 4) is 0 Å². The van der Waals surface area contributed by atoms with Crippen LogP contribution in [0.4, 0.5) is 4.39 Å². The van der Waals surface area contributed by atoms with Gasteiger partial charge >= 0.3 is 0 Å². The summed E-state index contributed by atoms with van der Waals surface area (Å²) in [7, 11) is -1.80. The van der Waals surface area contributed by atoms with Gasteiger partial charge in [-0.25, -0.2) is 17.8 Å². The molecule has 3 aromatic rings. The first-order valence-electron chi connectivity index (χ1n) is 10.4. The minimum Gasteiger partial charge on any atom is -0.342 e. The Hall–Kier alpha value is -3.04. The van der Waals surface area contributed by atoms with Crippen LogP contribution in [0, 0.1) is 11.7 Å². The summed E-state index contributed by atoms with van der Waals surface area (Å²) in [5.74, 6) is -0.512. The highest BCUT2D eigenvalue weighted by Crippen LogP contribution is 2.27. The van der Waals surface area contributed by atoms with Crippen molar-refractivity contribution in [1.82, 2.24) is 19.2 Å². The van der Waals surface area contributed by atoms with Gasteiger partial charge in [0.2, 0.25) is 15.9 Å². The third kappa shape index (κ3) is 4.44. The number of hydrogen-bond donors (Lipinski definition) is 1. The quantitative estimate of drug-likeness (QED) is 0.618. The second-order valence-corrected chi connectivity index (χ2v) is 9.79. The second kappa shape index (κ2) is 9.22. The van der Waals surface area contributed by atoms with Gasteiger partial charge in [0.1, 0.15) is 17.7 Å². The first-order chi connectivity index (χ1) is 15.4. The van der Waals surface area contributed by atoms with E-state index in [1.807, 2.05) is 0 Å². The molecule has 0 aliphatic carbocycles. The Morgan fingerprint density at radius 3 is 2.38 bits per heavy atom. The molecule has 0 saturated carbocycles. The monoisotopic (exact) mass is 456 g/mol. The molecular weight excluding hydrogens is 431 g/mol. The molecular formula is C23H25FN4O3S. The largest absolute Gasteiger partial charge is 0.342 e. The number of halogens is 1. The molecule has 0 unspecified atom stereocenters. The highest BCUT2D eigenvalue weighted by atomic mass is 32.2. The fraction of sp³-hybridized carbons (Fsp3) is 0.304. The number of carbonyl (C=O) groups excluding carboxylic acids is 1. The molecule has 4 rings (SSSR count). The van der Waals surface area contributed by atoms with Gasteiger partial charge in [-0.15, -0.1) is 0 Å². The third-order valence-corrected chi connectivity index (χ3v) is 7.74. The fourth-order valence-corrected chi connectivity index (χ4v) is 5.50. The molecule has 1 aromatic heterocycles. The molecule has 9 heteroatoms. The Balaban J connectivity index is 1.48. The lowest BCUT2D eigenvalue weighted by molar-refractivity contribution is -0.126. The number of carbonyl (C=O) groups is 1. The van der Waals surface area contributed by atoms with Crippen molar-refractivity contribution in [3.63, 3.8) is 0 Å². The van der Waals surface area contributed by atoms with Crippen LogP contribution < -0.4 is 5.32 Å². The predicted octanol–water partition coefficient (Wildman–Crippen LogP) is 2.87. The number of nitrogens with zero attached hydrogens (tertiary/aromatic N) is 3. The topological polar surface area (TPSA) is 84.3 Å². The van der Waals surface area contributed by atoms with E-state index in [9.17, 15) is 17.6 Å². The van der Waals surface area contributed by atoms with E-state index in [0.717, 1.165) is 0 Å². The lowest BCUT2D eigenvalue weighted by Crippen LogP contribution is -2.44. The van der Waals surface area contributed by atoms with Gasteiger partial charge in [-0.05, 0) is 31.0 Å². The average Bonchev–Trinajstić information content (AvgIpc) is 3.24. The number of benzene rings is 2. The third-order valence-electron chi connectivity index (χ3n) is 5.83. The van der Waals surface area contributed by atoms with E-state index in [1.165, 1.54) is 10.4 Å². The lowest BCUT2D eigenvalue weighted by atomic mass is 9.96. The molecule has 0 bridgehead atoms. The molecule has 0 radical (unpaired) electrons. The van der Waals surface area contributed by atoms with Crippen molar-refractivity contribution >= 4 is 15.9 Å². The highest BCUT2D eigenvalue weighted by molar-refractivity contribution is 7.89. The number of hydrogen-bond acceptors (Lipinski definition) is 4. The Labute approximate surface area is 186 Å². The first-order valence-corrected chi connectivity index (χ1v) is 11.9. The van der Waals surface area contributed by atoms with Gasteiger partial charge in [0, 0.05) is 44.0 Å². The van der Waals surface area contributed by atoms with Crippen molar-refractivity contribution in [1.29, 1.82) is 0 Å². The maximum absolute atomic E-state index is 14.5. The average molecular weight is 457 g/mol. The Bertz CT molecular complexity index is 1190. The van der Waals surface area contributed by atoms with E-state index in [0.29, 0.717) is 24.2 Å². The summed E-state index contributed by atoms with van der Waals surface area (Å²) in [5.41, 5.74) is 0.333. The fourth-order valence-electron chi connectivity index (χ4n) is 4.01. The van der Waals surface area contributed by atoms with E-state index >= 15 is 0 Å². The van der Waals surface area contributed by atoms with Crippen LogP contribution in [0.5, 0.6) is 0 Å². The number of nitrogens with one attached hydrogen (secondary N) is 1. The van der Waals surface area contributed by atoms with Gasteiger partial charge in [0.05, 0.1) is 4.90 Å². The molecule has 1 atom stereocenters. The molecule has 168 valence electrons. The maximum Gasteiger partial charge on any atom is 0.243 e. The summed E-state index contributed by atoms with van der Waals surface area (Å²) in [6.07, 6.45) is 4.12. The van der Waals surface area contributed by atoms with Crippen LogP contribution in [0.25, 0.3) is 0 Å². The second-order valence-electron chi connectivity index (χ2n) is 7.85. The summed E-state index contributed by atoms with van der Waals surface area (Å²) in [6.45, 7) is 0.504. The van der Waals surface area contributed by atoms with Gasteiger partial charge in [0.15, 0.2) is 0 Å². The number of amides is 1. The number of rotatable bonds is 6. The summed E-state index contributed by atoms with van der Waals surface area (Å²) >= 11 is 0. The van der Waals surface area contributed by atoms with Crippen molar-refractivity contribution in [2.45, 2.75) is 23.8 Å². The Morgan fingerprint density at radius 1 is 1.09 bits per heavy atom. The van der Waals surface area contributed by atoms with Crippen molar-refractivity contribution in [2.75, 3.05) is 13.1 Å². The van der Waals surface area contributed by atoms with Crippen LogP contribution >= 0.6 is 0 Å². The SMILES string of the molecule is Cn1ccnc1[C@H](NC(=O)C1CCN(S(=O)(=O)c2ccccc2)CC1)c1ccccc1F. The van der Waals surface area contributed by atoms with Crippen LogP contribution in [-0.2, 0) is 21.9 Å². The smallest absolute Gasteiger partial charge is 0.243 e. The van der Waals surface area contributed by atoms with Crippen molar-refractivity contribution < 1.29 is 17.6 Å². The number of aromatic nitrogens is 2. The van der Waals surface area contributed by atoms with Crippen LogP contribution in [0.15, 0.2) is 71.9 Å². The molecule has 1 amide bonds. The maximum atomic E-state index is 14.5. The van der Waals surface area contributed by atoms with Gasteiger partial charge in [-0.3, -0.25) is 4.79 Å². The zero-order valence-electron chi connectivity index (χ0n) is 17.7. The molecule has 1 fully saturated rings. The molecule has 7 nitrogen and oxygen atoms in total. The zero-order valence-corrected chi connectivity index (χ0v) is 18.5. The summed E-state index contributed by atoms with van der Waals surface area (Å²) in [5, 5.41) is 2.94. The molecule has 1 saturated heterocycles. The standard InChI is InChI=1S/C23H25FN4O3S/c1-27-16-13-25-22(27)21(19-9-5-6-10-20(19)24)26-23(29)17-11-14-28(15-12-17)32(30,31)18-7-3-2-4-8-18/h2-10,13,16-17,21H,11-12,14-15H2,1H3,(H,26,29)/t21-/m1/s1. The van der Waals surface area contributed by atoms with Crippen molar-refractivity contribution in [2.24, 2.45) is 13.0 Å². The summed E-state index contributed by atoms with van der Waals surface area (Å²) in [6, 6.07) is 13.8. The van der Waals surface area contributed by atoms with E-state index in [2.05, 4.69) is 10.3 Å². The van der Waals surface area contributed by atoms with Gasteiger partial charge in [0.25, 0.3) is 0 Å². The molecule has 2 aromatic carbocycles. The number of aryl methyl sites for hydroxylation is 1. The Kier molecular flexibility index (Phi) is 6.38. The molecule has 0 spiro atoms. The Morgan fingerprint density at radius 2 is 1.75 bits per heavy atom. The zero-order chi connectivity index (χ0) is 22.7. The summed E-state index contributed by atoms with van der Waals surface area (Å²) in [4.78, 5) is 17.6. The molecule has 32 heavy (non-hydrogen) atoms. The van der Waals surface area contributed by atoms with Crippen molar-refractivity contribution in [3.05, 3.63) is 84.2 Å². The minimum absolute atomic E-state index is 0.238. The van der Waals surface area contributed by atoms with E-state index in [1.54, 1.807) is 72.5 Å². The molecule has 1 N–H and O–H groups in total. The minimum atomic E-state index is -3.59. The lowest BCUT2D eigenvalue weighted by Gasteiger charge is -2.31. The van der Waals surface area contributed by atoms with E-state index < -0.39 is 21.9 Å². The van der Waals surface area contributed by atoms with E-state index in [-0.39, 0.29) is 29.8 Å². The number of sulfonamides is 1. The molecule has 2 heterocycles. The van der Waals surface area contributed by atoms with E-state index in [4.69, 9.17) is 0 Å². The molecule has 1 aliphatic rings. The summed E-state index contributed by atoms with van der Waals surface area (Å²) < 4.78 is 43.4. The van der Waals surface area contributed by atoms with Gasteiger partial charge in [-0.2, -0.15) is 4.31 Å². The van der Waals surface area contributed by atoms with Crippen LogP contribution in [0.3, 0.4) is 0 Å². The number of piperidine rings is 1. The first kappa shape index (κ1) is 22.2. The molecule has 1 aliphatic heterocycles. The van der Waals surface area contributed by atoms with Crippen LogP contribution in [-0.4, -0.2) is 41.3 Å². The normalized spacial score (nSPS) is 16.6. The van der Waals surface area contributed by atoms with Crippen LogP contribution in [0.2, 0.25) is 0 Å². The highest BCUT2D eigenvalue weighted by Gasteiger charge is 2.33. The van der Waals surface area contributed by atoms with Gasteiger partial charge < -0.3 is 9.88 Å². The van der Waals surface area contributed by atoms with Crippen LogP contribution in [0.1, 0.15) is 30.3 Å².